The quantitative estimate of drug-likeness (QED) is 0.579. The summed E-state index contributed by atoms with van der Waals surface area (Å²) in [6.07, 6.45) is 1.65. The molecule has 6 nitrogen and oxygen atoms in total. The van der Waals surface area contributed by atoms with Crippen molar-refractivity contribution in [1.29, 1.82) is 0 Å². The molecule has 0 bridgehead atoms. The van der Waals surface area contributed by atoms with Crippen molar-refractivity contribution in [2.24, 2.45) is 5.92 Å². The van der Waals surface area contributed by atoms with Gasteiger partial charge < -0.3 is 15.3 Å². The van der Waals surface area contributed by atoms with E-state index >= 15 is 0 Å². The van der Waals surface area contributed by atoms with Crippen LogP contribution in [0.5, 0.6) is 0 Å². The van der Waals surface area contributed by atoms with E-state index < -0.39 is 17.9 Å². The van der Waals surface area contributed by atoms with Gasteiger partial charge in [0.2, 0.25) is 5.91 Å². The zero-order chi connectivity index (χ0) is 24.3. The Morgan fingerprint density at radius 3 is 2.24 bits per heavy atom. The SMILES string of the molecule is CC(C)[C@@H](NC(=O)c1cc(Cl)cc(C(=O)O)c1)C(=O)N1CCC(c2ccc(Cl)cc2)CC1C. The van der Waals surface area contributed by atoms with Gasteiger partial charge in [-0.2, -0.15) is 0 Å². The maximum Gasteiger partial charge on any atom is 0.335 e. The molecule has 8 heteroatoms. The van der Waals surface area contributed by atoms with Gasteiger partial charge in [0.05, 0.1) is 5.56 Å². The summed E-state index contributed by atoms with van der Waals surface area (Å²) in [5.74, 6) is -1.66. The molecule has 1 heterocycles. The number of hydrogen-bond acceptors (Lipinski definition) is 3. The van der Waals surface area contributed by atoms with Crippen molar-refractivity contribution in [2.75, 3.05) is 6.54 Å². The summed E-state index contributed by atoms with van der Waals surface area (Å²) in [5, 5.41) is 12.9. The van der Waals surface area contributed by atoms with Gasteiger partial charge in [-0.05, 0) is 67.5 Å². The Bertz CT molecular complexity index is 1040. The number of carboxylic acids is 1. The van der Waals surface area contributed by atoms with E-state index in [4.69, 9.17) is 23.2 Å². The highest BCUT2D eigenvalue weighted by Gasteiger charge is 2.35. The van der Waals surface area contributed by atoms with Crippen LogP contribution >= 0.6 is 23.2 Å². The van der Waals surface area contributed by atoms with Gasteiger partial charge in [0.1, 0.15) is 6.04 Å². The zero-order valence-corrected chi connectivity index (χ0v) is 20.4. The lowest BCUT2D eigenvalue weighted by Gasteiger charge is -2.40. The summed E-state index contributed by atoms with van der Waals surface area (Å²) >= 11 is 12.0. The number of likely N-dealkylation sites (tertiary alicyclic amines) is 1. The summed E-state index contributed by atoms with van der Waals surface area (Å²) in [5.41, 5.74) is 1.23. The summed E-state index contributed by atoms with van der Waals surface area (Å²) < 4.78 is 0. The molecule has 1 fully saturated rings. The van der Waals surface area contributed by atoms with Crippen molar-refractivity contribution < 1.29 is 19.5 Å². The maximum atomic E-state index is 13.4. The van der Waals surface area contributed by atoms with Crippen molar-refractivity contribution in [3.8, 4) is 0 Å². The number of nitrogens with zero attached hydrogens (tertiary/aromatic N) is 1. The Labute approximate surface area is 203 Å². The molecule has 0 radical (unpaired) electrons. The fraction of sp³-hybridized carbons (Fsp3) is 0.400. The number of benzene rings is 2. The fourth-order valence-electron chi connectivity index (χ4n) is 4.30. The molecule has 0 saturated carbocycles. The minimum atomic E-state index is -1.18. The molecule has 0 spiro atoms. The minimum Gasteiger partial charge on any atom is -0.478 e. The lowest BCUT2D eigenvalue weighted by molar-refractivity contribution is -0.137. The number of nitrogens with one attached hydrogen (secondary N) is 1. The average molecular weight is 491 g/mol. The van der Waals surface area contributed by atoms with Crippen molar-refractivity contribution in [3.05, 3.63) is 69.2 Å². The van der Waals surface area contributed by atoms with E-state index in [0.717, 1.165) is 12.8 Å². The van der Waals surface area contributed by atoms with Crippen LogP contribution < -0.4 is 5.32 Å². The topological polar surface area (TPSA) is 86.7 Å². The standard InChI is InChI=1S/C25H28Cl2N2O4/c1-14(2)22(28-23(30)18-11-19(25(32)33)13-21(27)12-18)24(31)29-9-8-17(10-15(29)3)16-4-6-20(26)7-5-16/h4-7,11-15,17,22H,8-10H2,1-3H3,(H,28,30)(H,32,33)/t15?,17?,22-/m1/s1. The molecule has 0 aliphatic carbocycles. The molecule has 2 unspecified atom stereocenters. The summed E-state index contributed by atoms with van der Waals surface area (Å²) in [4.78, 5) is 39.4. The second kappa shape index (κ2) is 10.6. The van der Waals surface area contributed by atoms with Gasteiger partial charge in [-0.1, -0.05) is 49.2 Å². The number of amides is 2. The summed E-state index contributed by atoms with van der Waals surface area (Å²) in [6.45, 7) is 6.35. The fourth-order valence-corrected chi connectivity index (χ4v) is 4.66. The Hall–Kier alpha value is -2.57. The van der Waals surface area contributed by atoms with Gasteiger partial charge in [0, 0.05) is 28.2 Å². The summed E-state index contributed by atoms with van der Waals surface area (Å²) in [6, 6.07) is 11.0. The third-order valence-corrected chi connectivity index (χ3v) is 6.60. The maximum absolute atomic E-state index is 13.4. The van der Waals surface area contributed by atoms with Crippen LogP contribution in [0.25, 0.3) is 0 Å². The third-order valence-electron chi connectivity index (χ3n) is 6.13. The molecular formula is C25H28Cl2N2O4. The van der Waals surface area contributed by atoms with Crippen LogP contribution in [-0.2, 0) is 4.79 Å². The van der Waals surface area contributed by atoms with Crippen LogP contribution in [-0.4, -0.2) is 46.4 Å². The number of aromatic carboxylic acids is 1. The first-order chi connectivity index (χ1) is 15.6. The number of carbonyl (C=O) groups is 3. The van der Waals surface area contributed by atoms with Gasteiger partial charge in [0.15, 0.2) is 0 Å². The van der Waals surface area contributed by atoms with Crippen LogP contribution in [0.4, 0.5) is 0 Å². The number of carbonyl (C=O) groups excluding carboxylic acids is 2. The normalized spacial score (nSPS) is 19.3. The van der Waals surface area contributed by atoms with E-state index in [1.165, 1.54) is 23.8 Å². The Balaban J connectivity index is 1.72. The van der Waals surface area contributed by atoms with E-state index in [2.05, 4.69) is 5.32 Å². The van der Waals surface area contributed by atoms with Crippen LogP contribution in [0, 0.1) is 5.92 Å². The van der Waals surface area contributed by atoms with Gasteiger partial charge >= 0.3 is 5.97 Å². The predicted octanol–water partition coefficient (Wildman–Crippen LogP) is 5.24. The smallest absolute Gasteiger partial charge is 0.335 e. The molecule has 3 rings (SSSR count). The van der Waals surface area contributed by atoms with Crippen LogP contribution in [0.3, 0.4) is 0 Å². The van der Waals surface area contributed by atoms with Crippen LogP contribution in [0.2, 0.25) is 10.0 Å². The molecule has 1 aliphatic heterocycles. The van der Waals surface area contributed by atoms with Gasteiger partial charge in [-0.3, -0.25) is 9.59 Å². The number of hydrogen-bond donors (Lipinski definition) is 2. The first-order valence-electron chi connectivity index (χ1n) is 11.0. The number of halogens is 2. The first kappa shape index (κ1) is 25.1. The zero-order valence-electron chi connectivity index (χ0n) is 18.8. The van der Waals surface area contributed by atoms with E-state index in [1.807, 2.05) is 49.9 Å². The van der Waals surface area contributed by atoms with E-state index in [1.54, 1.807) is 0 Å². The van der Waals surface area contributed by atoms with Crippen LogP contribution in [0.1, 0.15) is 65.8 Å². The molecule has 2 aromatic carbocycles. The predicted molar refractivity (Wildman–Crippen MR) is 129 cm³/mol. The highest BCUT2D eigenvalue weighted by Crippen LogP contribution is 2.32. The van der Waals surface area contributed by atoms with Crippen molar-refractivity contribution in [1.82, 2.24) is 10.2 Å². The van der Waals surface area contributed by atoms with Gasteiger partial charge in [0.25, 0.3) is 5.91 Å². The Morgan fingerprint density at radius 1 is 1.03 bits per heavy atom. The molecular weight excluding hydrogens is 463 g/mol. The van der Waals surface area contributed by atoms with E-state index in [-0.39, 0.29) is 34.0 Å². The molecule has 1 saturated heterocycles. The first-order valence-corrected chi connectivity index (χ1v) is 11.7. The highest BCUT2D eigenvalue weighted by atomic mass is 35.5. The lowest BCUT2D eigenvalue weighted by Crippen LogP contribution is -2.55. The Kier molecular flexibility index (Phi) is 8.03. The molecule has 0 aromatic heterocycles. The molecule has 33 heavy (non-hydrogen) atoms. The molecule has 2 aromatic rings. The third kappa shape index (κ3) is 6.06. The van der Waals surface area contributed by atoms with E-state index in [9.17, 15) is 19.5 Å². The average Bonchev–Trinajstić information content (AvgIpc) is 2.76. The second-order valence-corrected chi connectivity index (χ2v) is 9.76. The highest BCUT2D eigenvalue weighted by molar-refractivity contribution is 6.31. The molecule has 176 valence electrons. The Morgan fingerprint density at radius 2 is 1.67 bits per heavy atom. The largest absolute Gasteiger partial charge is 0.478 e. The van der Waals surface area contributed by atoms with Gasteiger partial charge in [-0.25, -0.2) is 4.79 Å². The second-order valence-electron chi connectivity index (χ2n) is 8.88. The molecule has 1 aliphatic rings. The summed E-state index contributed by atoms with van der Waals surface area (Å²) in [7, 11) is 0. The number of rotatable bonds is 6. The minimum absolute atomic E-state index is 0.00913. The molecule has 3 atom stereocenters. The number of carboxylic acid groups (broad SMARTS) is 1. The van der Waals surface area contributed by atoms with Crippen LogP contribution in [0.15, 0.2) is 42.5 Å². The van der Waals surface area contributed by atoms with E-state index in [0.29, 0.717) is 17.5 Å². The monoisotopic (exact) mass is 490 g/mol. The van der Waals surface area contributed by atoms with Gasteiger partial charge in [-0.15, -0.1) is 0 Å². The number of piperidine rings is 1. The van der Waals surface area contributed by atoms with Crippen molar-refractivity contribution in [2.45, 2.75) is 51.6 Å². The molecule has 2 N–H and O–H groups in total. The lowest BCUT2D eigenvalue weighted by atomic mass is 9.85. The van der Waals surface area contributed by atoms with Crippen molar-refractivity contribution in [3.63, 3.8) is 0 Å². The molecule has 2 amide bonds. The van der Waals surface area contributed by atoms with Crippen molar-refractivity contribution >= 4 is 41.0 Å².